The number of methoxy groups -OCH3 is 1. The Kier molecular flexibility index (Phi) is 3.90. The Labute approximate surface area is 108 Å². The molecule has 5 heteroatoms. The maximum Gasteiger partial charge on any atom is 0.252 e. The summed E-state index contributed by atoms with van der Waals surface area (Å²) in [5.41, 5.74) is -0.441. The monoisotopic (exact) mass is 253 g/mol. The second-order valence-corrected chi connectivity index (χ2v) is 5.56. The van der Waals surface area contributed by atoms with Crippen LogP contribution in [0.2, 0.25) is 0 Å². The minimum absolute atomic E-state index is 0.0812. The van der Waals surface area contributed by atoms with E-state index in [0.717, 1.165) is 12.8 Å². The van der Waals surface area contributed by atoms with E-state index in [1.807, 2.05) is 0 Å². The van der Waals surface area contributed by atoms with Crippen molar-refractivity contribution in [3.05, 3.63) is 0 Å². The highest BCUT2D eigenvalue weighted by molar-refractivity contribution is 6.09. The van der Waals surface area contributed by atoms with Crippen LogP contribution in [0.15, 0.2) is 4.99 Å². The first-order valence-corrected chi connectivity index (χ1v) is 6.71. The molecule has 2 fully saturated rings. The molecule has 1 aliphatic heterocycles. The number of carbonyl (C=O) groups excluding carboxylic acids is 1. The van der Waals surface area contributed by atoms with E-state index in [1.165, 1.54) is 6.42 Å². The molecule has 2 aliphatic rings. The van der Waals surface area contributed by atoms with Crippen LogP contribution in [-0.4, -0.2) is 37.7 Å². The normalized spacial score (nSPS) is 37.9. The maximum absolute atomic E-state index is 12.3. The van der Waals surface area contributed by atoms with Gasteiger partial charge < -0.3 is 10.1 Å². The number of nitrogens with one attached hydrogen (secondary N) is 2. The van der Waals surface area contributed by atoms with E-state index in [9.17, 15) is 4.79 Å². The summed E-state index contributed by atoms with van der Waals surface area (Å²) in [5.74, 6) is 1.62. The molecule has 2 N–H and O–H groups in total. The molecule has 1 spiro atoms. The zero-order chi connectivity index (χ0) is 13.2. The first-order chi connectivity index (χ1) is 8.58. The van der Waals surface area contributed by atoms with Crippen LogP contribution in [0.25, 0.3) is 0 Å². The molecule has 3 unspecified atom stereocenters. The molecule has 1 aliphatic carbocycles. The molecular formula is C13H23N3O2. The van der Waals surface area contributed by atoms with Gasteiger partial charge in [-0.2, -0.15) is 0 Å². The van der Waals surface area contributed by atoms with Gasteiger partial charge in [-0.15, -0.1) is 0 Å². The lowest BCUT2D eigenvalue weighted by molar-refractivity contribution is -0.127. The Balaban J connectivity index is 2.09. The van der Waals surface area contributed by atoms with Crippen LogP contribution in [0.5, 0.6) is 0 Å². The van der Waals surface area contributed by atoms with Gasteiger partial charge in [-0.25, -0.2) is 0 Å². The third-order valence-corrected chi connectivity index (χ3v) is 4.15. The van der Waals surface area contributed by atoms with Crippen molar-refractivity contribution >= 4 is 11.9 Å². The Morgan fingerprint density at radius 2 is 2.22 bits per heavy atom. The van der Waals surface area contributed by atoms with Crippen molar-refractivity contribution in [2.75, 3.05) is 20.3 Å². The van der Waals surface area contributed by atoms with E-state index in [-0.39, 0.29) is 5.91 Å². The van der Waals surface area contributed by atoms with Crippen LogP contribution in [0.3, 0.4) is 0 Å². The van der Waals surface area contributed by atoms with Crippen LogP contribution in [0.1, 0.15) is 33.1 Å². The Bertz CT molecular complexity index is 356. The molecule has 1 saturated carbocycles. The predicted octanol–water partition coefficient (Wildman–Crippen LogP) is 0.903. The second-order valence-electron chi connectivity index (χ2n) is 5.56. The summed E-state index contributed by atoms with van der Waals surface area (Å²) in [4.78, 5) is 16.6. The van der Waals surface area contributed by atoms with Gasteiger partial charge in [-0.1, -0.05) is 20.3 Å². The van der Waals surface area contributed by atoms with Crippen LogP contribution >= 0.6 is 0 Å². The lowest BCUT2D eigenvalue weighted by Gasteiger charge is -2.39. The van der Waals surface area contributed by atoms with Crippen LogP contribution in [-0.2, 0) is 9.53 Å². The predicted molar refractivity (Wildman–Crippen MR) is 70.4 cm³/mol. The van der Waals surface area contributed by atoms with Crippen molar-refractivity contribution in [2.45, 2.75) is 38.6 Å². The molecule has 18 heavy (non-hydrogen) atoms. The molecule has 102 valence electrons. The molecular weight excluding hydrogens is 230 g/mol. The van der Waals surface area contributed by atoms with Crippen molar-refractivity contribution in [1.29, 1.82) is 0 Å². The van der Waals surface area contributed by atoms with Gasteiger partial charge in [0, 0.05) is 7.11 Å². The highest BCUT2D eigenvalue weighted by atomic mass is 16.5. The summed E-state index contributed by atoms with van der Waals surface area (Å²) in [6.07, 6.45) is 3.18. The average Bonchev–Trinajstić information content (AvgIpc) is 2.63. The van der Waals surface area contributed by atoms with Crippen molar-refractivity contribution in [2.24, 2.45) is 16.8 Å². The SMILES string of the molecule is COCCN=C1NC(=O)C2(CC(C)CCC2C)N1. The third-order valence-electron chi connectivity index (χ3n) is 4.15. The topological polar surface area (TPSA) is 62.7 Å². The highest BCUT2D eigenvalue weighted by Gasteiger charge is 2.51. The van der Waals surface area contributed by atoms with Crippen LogP contribution in [0.4, 0.5) is 0 Å². The van der Waals surface area contributed by atoms with E-state index in [0.29, 0.717) is 30.9 Å². The minimum atomic E-state index is -0.441. The summed E-state index contributed by atoms with van der Waals surface area (Å²) in [6.45, 7) is 5.50. The lowest BCUT2D eigenvalue weighted by Crippen LogP contribution is -2.55. The Hall–Kier alpha value is -1.10. The van der Waals surface area contributed by atoms with E-state index < -0.39 is 5.54 Å². The van der Waals surface area contributed by atoms with Gasteiger partial charge in [0.25, 0.3) is 5.91 Å². The zero-order valence-electron chi connectivity index (χ0n) is 11.5. The van der Waals surface area contributed by atoms with E-state index in [4.69, 9.17) is 4.74 Å². The molecule has 1 saturated heterocycles. The molecule has 0 aromatic heterocycles. The zero-order valence-corrected chi connectivity index (χ0v) is 11.5. The Morgan fingerprint density at radius 1 is 1.44 bits per heavy atom. The van der Waals surface area contributed by atoms with Crippen molar-refractivity contribution < 1.29 is 9.53 Å². The van der Waals surface area contributed by atoms with Crippen LogP contribution in [0, 0.1) is 11.8 Å². The number of hydrogen-bond acceptors (Lipinski definition) is 3. The second kappa shape index (κ2) is 5.26. The Morgan fingerprint density at radius 3 is 2.94 bits per heavy atom. The van der Waals surface area contributed by atoms with Gasteiger partial charge in [0.1, 0.15) is 5.54 Å². The molecule has 0 aromatic rings. The number of guanidine groups is 1. The number of ether oxygens (including phenoxy) is 1. The molecule has 5 nitrogen and oxygen atoms in total. The fourth-order valence-electron chi connectivity index (χ4n) is 2.97. The fourth-order valence-corrected chi connectivity index (χ4v) is 2.97. The average molecular weight is 253 g/mol. The standard InChI is InChI=1S/C13H23N3O2/c1-9-4-5-10(2)13(8-9)11(17)15-12(16-13)14-6-7-18-3/h9-10H,4-8H2,1-3H3,(H2,14,15,16,17). The first kappa shape index (κ1) is 13.3. The van der Waals surface area contributed by atoms with Gasteiger partial charge in [-0.3, -0.25) is 15.1 Å². The number of hydrogen-bond donors (Lipinski definition) is 2. The smallest absolute Gasteiger partial charge is 0.252 e. The van der Waals surface area contributed by atoms with Gasteiger partial charge in [0.2, 0.25) is 0 Å². The molecule has 0 bridgehead atoms. The summed E-state index contributed by atoms with van der Waals surface area (Å²) in [7, 11) is 1.65. The van der Waals surface area contributed by atoms with Crippen molar-refractivity contribution in [3.63, 3.8) is 0 Å². The van der Waals surface area contributed by atoms with Gasteiger partial charge >= 0.3 is 0 Å². The summed E-state index contributed by atoms with van der Waals surface area (Å²) >= 11 is 0. The largest absolute Gasteiger partial charge is 0.383 e. The van der Waals surface area contributed by atoms with E-state index in [2.05, 4.69) is 29.5 Å². The number of amides is 1. The first-order valence-electron chi connectivity index (χ1n) is 6.71. The van der Waals surface area contributed by atoms with Crippen molar-refractivity contribution in [3.8, 4) is 0 Å². The van der Waals surface area contributed by atoms with Crippen LogP contribution < -0.4 is 10.6 Å². The molecule has 1 heterocycles. The summed E-state index contributed by atoms with van der Waals surface area (Å²) in [5, 5.41) is 6.20. The molecule has 2 rings (SSSR count). The quantitative estimate of drug-likeness (QED) is 0.735. The fraction of sp³-hybridized carbons (Fsp3) is 0.846. The van der Waals surface area contributed by atoms with E-state index >= 15 is 0 Å². The van der Waals surface area contributed by atoms with E-state index in [1.54, 1.807) is 7.11 Å². The summed E-state index contributed by atoms with van der Waals surface area (Å²) in [6, 6.07) is 0. The van der Waals surface area contributed by atoms with Gasteiger partial charge in [0.05, 0.1) is 13.2 Å². The van der Waals surface area contributed by atoms with Crippen molar-refractivity contribution in [1.82, 2.24) is 10.6 Å². The number of carbonyl (C=O) groups is 1. The van der Waals surface area contributed by atoms with Gasteiger partial charge in [-0.05, 0) is 24.7 Å². The third kappa shape index (κ3) is 2.36. The number of rotatable bonds is 3. The molecule has 0 aromatic carbocycles. The molecule has 1 amide bonds. The number of aliphatic imine (C=N–C) groups is 1. The maximum atomic E-state index is 12.3. The molecule has 0 radical (unpaired) electrons. The van der Waals surface area contributed by atoms with Gasteiger partial charge in [0.15, 0.2) is 5.96 Å². The number of nitrogens with zero attached hydrogens (tertiary/aromatic N) is 1. The highest BCUT2D eigenvalue weighted by Crippen LogP contribution is 2.38. The summed E-state index contributed by atoms with van der Waals surface area (Å²) < 4.78 is 4.96. The minimum Gasteiger partial charge on any atom is -0.383 e. The molecule has 3 atom stereocenters. The lowest BCUT2D eigenvalue weighted by atomic mass is 9.70.